The van der Waals surface area contributed by atoms with Gasteiger partial charge in [0.1, 0.15) is 11.4 Å². The van der Waals surface area contributed by atoms with E-state index < -0.39 is 5.97 Å². The Hall–Kier alpha value is -3.80. The van der Waals surface area contributed by atoms with Gasteiger partial charge < -0.3 is 19.7 Å². The molecule has 0 unspecified atom stereocenters. The van der Waals surface area contributed by atoms with Gasteiger partial charge in [-0.25, -0.2) is 4.79 Å². The van der Waals surface area contributed by atoms with E-state index in [4.69, 9.17) is 4.74 Å². The average molecular weight is 471 g/mol. The number of allylic oxidation sites excluding steroid dienone is 2. The van der Waals surface area contributed by atoms with Crippen molar-refractivity contribution in [2.24, 2.45) is 10.8 Å². The Kier molecular flexibility index (Phi) is 5.35. The van der Waals surface area contributed by atoms with Crippen LogP contribution in [0, 0.1) is 10.8 Å². The second kappa shape index (κ2) is 8.15. The van der Waals surface area contributed by atoms with E-state index in [0.29, 0.717) is 18.8 Å². The standard InChI is InChI=1S/C29H30N2O4/c1-28(2)22(18-5-7-19(8-6-18)27(33)34)11-13-29(3)17-31(14-12-25(28)29)26(32)24-16-20-15-21(35-4)9-10-23(20)30-24/h5-12,15-16,30H,13-14,17H2,1-4H3,(H,33,34)/t29-/m1/s1. The summed E-state index contributed by atoms with van der Waals surface area (Å²) in [6.45, 7) is 7.86. The number of aromatic amines is 1. The second-order valence-corrected chi connectivity index (χ2v) is 10.3. The first kappa shape index (κ1) is 23.0. The predicted molar refractivity (Wildman–Crippen MR) is 137 cm³/mol. The number of carbonyl (C=O) groups is 2. The van der Waals surface area contributed by atoms with Crippen molar-refractivity contribution in [1.82, 2.24) is 9.88 Å². The first-order valence-electron chi connectivity index (χ1n) is 11.8. The highest BCUT2D eigenvalue weighted by atomic mass is 16.5. The van der Waals surface area contributed by atoms with Crippen LogP contribution >= 0.6 is 0 Å². The number of carboxylic acid groups (broad SMARTS) is 1. The highest BCUT2D eigenvalue weighted by Gasteiger charge is 2.46. The van der Waals surface area contributed by atoms with Crippen LogP contribution in [0.4, 0.5) is 0 Å². The molecule has 6 nitrogen and oxygen atoms in total. The largest absolute Gasteiger partial charge is 0.497 e. The highest BCUT2D eigenvalue weighted by molar-refractivity contribution is 5.98. The number of rotatable bonds is 4. The number of H-pyrrole nitrogens is 1. The number of aromatic carboxylic acids is 1. The van der Waals surface area contributed by atoms with E-state index in [0.717, 1.165) is 28.6 Å². The molecule has 1 aromatic heterocycles. The zero-order chi connectivity index (χ0) is 25.0. The van der Waals surface area contributed by atoms with Crippen molar-refractivity contribution >= 4 is 28.4 Å². The third-order valence-corrected chi connectivity index (χ3v) is 7.60. The summed E-state index contributed by atoms with van der Waals surface area (Å²) >= 11 is 0. The van der Waals surface area contributed by atoms with Gasteiger partial charge in [0.25, 0.3) is 5.91 Å². The number of carbonyl (C=O) groups excluding carboxylic acids is 1. The van der Waals surface area contributed by atoms with Gasteiger partial charge in [-0.2, -0.15) is 0 Å². The molecule has 0 spiro atoms. The van der Waals surface area contributed by atoms with E-state index in [-0.39, 0.29) is 22.3 Å². The molecule has 0 radical (unpaired) electrons. The van der Waals surface area contributed by atoms with Crippen LogP contribution in [-0.2, 0) is 0 Å². The molecule has 0 fully saturated rings. The molecular weight excluding hydrogens is 440 g/mol. The minimum Gasteiger partial charge on any atom is -0.497 e. The summed E-state index contributed by atoms with van der Waals surface area (Å²) in [6, 6.07) is 14.7. The third-order valence-electron chi connectivity index (χ3n) is 7.60. The van der Waals surface area contributed by atoms with E-state index >= 15 is 0 Å². The van der Waals surface area contributed by atoms with Gasteiger partial charge >= 0.3 is 5.97 Å². The fourth-order valence-corrected chi connectivity index (χ4v) is 5.88. The zero-order valence-electron chi connectivity index (χ0n) is 20.5. The lowest BCUT2D eigenvalue weighted by Crippen LogP contribution is -2.48. The van der Waals surface area contributed by atoms with Crippen LogP contribution in [0.25, 0.3) is 16.5 Å². The number of fused-ring (bicyclic) bond motifs is 2. The molecule has 2 N–H and O–H groups in total. The summed E-state index contributed by atoms with van der Waals surface area (Å²) in [5.41, 5.74) is 4.94. The van der Waals surface area contributed by atoms with Gasteiger partial charge in [-0.3, -0.25) is 4.79 Å². The molecule has 3 aromatic rings. The van der Waals surface area contributed by atoms with Gasteiger partial charge in [0.2, 0.25) is 0 Å². The number of aromatic nitrogens is 1. The Morgan fingerprint density at radius 1 is 1.03 bits per heavy atom. The number of hydrogen-bond donors (Lipinski definition) is 2. The molecular formula is C29H30N2O4. The summed E-state index contributed by atoms with van der Waals surface area (Å²) in [7, 11) is 1.63. The molecule has 180 valence electrons. The number of benzene rings is 2. The number of amides is 1. The van der Waals surface area contributed by atoms with Crippen LogP contribution in [0.5, 0.6) is 5.75 Å². The van der Waals surface area contributed by atoms with E-state index in [1.54, 1.807) is 19.2 Å². The third kappa shape index (κ3) is 3.83. The number of ether oxygens (including phenoxy) is 1. The van der Waals surface area contributed by atoms with Gasteiger partial charge in [0.15, 0.2) is 0 Å². The Morgan fingerprint density at radius 2 is 1.77 bits per heavy atom. The minimum absolute atomic E-state index is 0.00599. The molecule has 1 atom stereocenters. The van der Waals surface area contributed by atoms with Crippen LogP contribution in [0.3, 0.4) is 0 Å². The lowest BCUT2D eigenvalue weighted by molar-refractivity contribution is 0.0674. The Balaban J connectivity index is 1.41. The maximum absolute atomic E-state index is 13.4. The van der Waals surface area contributed by atoms with E-state index in [1.165, 1.54) is 11.1 Å². The summed E-state index contributed by atoms with van der Waals surface area (Å²) in [6.07, 6.45) is 5.29. The number of nitrogens with one attached hydrogen (secondary N) is 1. The summed E-state index contributed by atoms with van der Waals surface area (Å²) < 4.78 is 5.31. The lowest BCUT2D eigenvalue weighted by Gasteiger charge is -2.50. The molecule has 1 aliphatic carbocycles. The Morgan fingerprint density at radius 3 is 2.46 bits per heavy atom. The first-order chi connectivity index (χ1) is 16.6. The van der Waals surface area contributed by atoms with E-state index in [2.05, 4.69) is 37.9 Å². The fourth-order valence-electron chi connectivity index (χ4n) is 5.88. The van der Waals surface area contributed by atoms with Crippen molar-refractivity contribution in [2.45, 2.75) is 27.2 Å². The number of nitrogens with zero attached hydrogens (tertiary/aromatic N) is 1. The van der Waals surface area contributed by atoms with Gasteiger partial charge in [-0.15, -0.1) is 0 Å². The van der Waals surface area contributed by atoms with Gasteiger partial charge in [0.05, 0.1) is 12.7 Å². The predicted octanol–water partition coefficient (Wildman–Crippen LogP) is 5.78. The first-order valence-corrected chi connectivity index (χ1v) is 11.8. The molecule has 2 aromatic carbocycles. The Bertz CT molecular complexity index is 1390. The minimum atomic E-state index is -0.921. The molecule has 1 aliphatic heterocycles. The molecule has 2 heterocycles. The van der Waals surface area contributed by atoms with Gasteiger partial charge in [-0.05, 0) is 54.0 Å². The van der Waals surface area contributed by atoms with Crippen molar-refractivity contribution in [3.63, 3.8) is 0 Å². The maximum atomic E-state index is 13.4. The lowest BCUT2D eigenvalue weighted by atomic mass is 9.58. The van der Waals surface area contributed by atoms with Crippen LogP contribution in [0.2, 0.25) is 0 Å². The SMILES string of the molecule is COc1ccc2[nH]c(C(=O)N3CC=C4C(C)(C)C(c5ccc(C(=O)O)cc5)=CC[C@]4(C)C3)cc2c1. The van der Waals surface area contributed by atoms with Crippen molar-refractivity contribution in [1.29, 1.82) is 0 Å². The number of methoxy groups -OCH3 is 1. The van der Waals surface area contributed by atoms with Crippen LogP contribution in [0.15, 0.2) is 66.3 Å². The van der Waals surface area contributed by atoms with Crippen LogP contribution in [-0.4, -0.2) is 47.1 Å². The highest BCUT2D eigenvalue weighted by Crippen LogP contribution is 2.55. The molecule has 6 heteroatoms. The molecule has 0 saturated carbocycles. The molecule has 2 aliphatic rings. The van der Waals surface area contributed by atoms with Crippen molar-refractivity contribution in [3.8, 4) is 5.75 Å². The topological polar surface area (TPSA) is 82.6 Å². The van der Waals surface area contributed by atoms with Crippen LogP contribution < -0.4 is 4.74 Å². The normalized spacial score (nSPS) is 21.2. The summed E-state index contributed by atoms with van der Waals surface area (Å²) in [5, 5.41) is 10.2. The molecule has 35 heavy (non-hydrogen) atoms. The zero-order valence-corrected chi connectivity index (χ0v) is 20.5. The van der Waals surface area contributed by atoms with Crippen LogP contribution in [0.1, 0.15) is 53.6 Å². The van der Waals surface area contributed by atoms with Crippen molar-refractivity contribution < 1.29 is 19.4 Å². The van der Waals surface area contributed by atoms with E-state index in [9.17, 15) is 14.7 Å². The molecule has 0 bridgehead atoms. The van der Waals surface area contributed by atoms with Gasteiger partial charge in [-0.1, -0.05) is 50.6 Å². The molecule has 0 saturated heterocycles. The maximum Gasteiger partial charge on any atom is 0.335 e. The quantitative estimate of drug-likeness (QED) is 0.474. The Labute approximate surface area is 204 Å². The number of carboxylic acids is 1. The molecule has 5 rings (SSSR count). The van der Waals surface area contributed by atoms with Crippen molar-refractivity contribution in [3.05, 3.63) is 83.1 Å². The smallest absolute Gasteiger partial charge is 0.335 e. The molecule has 1 amide bonds. The monoisotopic (exact) mass is 470 g/mol. The summed E-state index contributed by atoms with van der Waals surface area (Å²) in [4.78, 5) is 29.9. The fraction of sp³-hybridized carbons (Fsp3) is 0.310. The van der Waals surface area contributed by atoms with Gasteiger partial charge in [0, 0.05) is 34.8 Å². The average Bonchev–Trinajstić information content (AvgIpc) is 3.26. The van der Waals surface area contributed by atoms with Crippen molar-refractivity contribution in [2.75, 3.05) is 20.2 Å². The second-order valence-electron chi connectivity index (χ2n) is 10.3. The number of hydrogen-bond acceptors (Lipinski definition) is 3. The van der Waals surface area contributed by atoms with E-state index in [1.807, 2.05) is 41.3 Å². The summed E-state index contributed by atoms with van der Waals surface area (Å²) in [5.74, 6) is -0.165.